The minimum absolute atomic E-state index is 0.171. The van der Waals surface area contributed by atoms with Crippen LogP contribution in [0.2, 0.25) is 0 Å². The van der Waals surface area contributed by atoms with E-state index < -0.39 is 0 Å². The van der Waals surface area contributed by atoms with Crippen molar-refractivity contribution < 1.29 is 4.39 Å². The fourth-order valence-electron chi connectivity index (χ4n) is 2.08. The van der Waals surface area contributed by atoms with Gasteiger partial charge in [0.25, 0.3) is 0 Å². The Morgan fingerprint density at radius 1 is 1.35 bits per heavy atom. The summed E-state index contributed by atoms with van der Waals surface area (Å²) in [5.41, 5.74) is 8.54. The molecule has 92 valence electrons. The Hall–Kier alpha value is -1.42. The summed E-state index contributed by atoms with van der Waals surface area (Å²) >= 11 is 0. The van der Waals surface area contributed by atoms with Crippen LogP contribution in [-0.4, -0.2) is 15.9 Å². The van der Waals surface area contributed by atoms with Gasteiger partial charge in [0.2, 0.25) is 0 Å². The molecule has 0 radical (unpaired) electrons. The molecule has 1 unspecified atom stereocenters. The first-order chi connectivity index (χ1) is 8.04. The molecule has 0 aliphatic rings. The Labute approximate surface area is 100 Å². The van der Waals surface area contributed by atoms with Gasteiger partial charge >= 0.3 is 0 Å². The maximum absolute atomic E-state index is 13.3. The average molecular weight is 235 g/mol. The minimum atomic E-state index is -0.254. The standard InChI is InChI=1S/C13H18FN3/c1-8(2)12-13(9(3)6-15)17-7-10(14)4-5-11(17)16-12/h4-5,7-9H,6,15H2,1-3H3. The van der Waals surface area contributed by atoms with Crippen molar-refractivity contribution in [3.63, 3.8) is 0 Å². The van der Waals surface area contributed by atoms with Gasteiger partial charge in [-0.25, -0.2) is 9.37 Å². The number of hydrogen-bond acceptors (Lipinski definition) is 2. The molecule has 0 aliphatic carbocycles. The number of rotatable bonds is 3. The van der Waals surface area contributed by atoms with E-state index in [4.69, 9.17) is 5.73 Å². The Morgan fingerprint density at radius 3 is 2.65 bits per heavy atom. The lowest BCUT2D eigenvalue weighted by atomic mass is 10.00. The molecule has 1 atom stereocenters. The summed E-state index contributed by atoms with van der Waals surface area (Å²) in [4.78, 5) is 4.56. The van der Waals surface area contributed by atoms with Gasteiger partial charge in [-0.3, -0.25) is 0 Å². The first-order valence-corrected chi connectivity index (χ1v) is 5.92. The molecule has 0 fully saturated rings. The Kier molecular flexibility index (Phi) is 3.15. The van der Waals surface area contributed by atoms with Gasteiger partial charge in [-0.15, -0.1) is 0 Å². The highest BCUT2D eigenvalue weighted by Gasteiger charge is 2.19. The third-order valence-electron chi connectivity index (χ3n) is 3.02. The first-order valence-electron chi connectivity index (χ1n) is 5.92. The topological polar surface area (TPSA) is 43.3 Å². The van der Waals surface area contributed by atoms with Crippen molar-refractivity contribution in [2.75, 3.05) is 6.54 Å². The summed E-state index contributed by atoms with van der Waals surface area (Å²) in [5, 5.41) is 0. The van der Waals surface area contributed by atoms with Gasteiger partial charge in [-0.2, -0.15) is 0 Å². The van der Waals surface area contributed by atoms with Crippen molar-refractivity contribution in [2.24, 2.45) is 5.73 Å². The van der Waals surface area contributed by atoms with Crippen molar-refractivity contribution in [1.29, 1.82) is 0 Å². The van der Waals surface area contributed by atoms with Gasteiger partial charge in [0.05, 0.1) is 11.4 Å². The van der Waals surface area contributed by atoms with Gasteiger partial charge in [0.1, 0.15) is 11.5 Å². The molecule has 4 heteroatoms. The van der Waals surface area contributed by atoms with Crippen LogP contribution in [0.15, 0.2) is 18.3 Å². The van der Waals surface area contributed by atoms with Crippen molar-refractivity contribution >= 4 is 5.65 Å². The molecule has 2 rings (SSSR count). The molecule has 3 nitrogen and oxygen atoms in total. The van der Waals surface area contributed by atoms with Crippen LogP contribution in [0.4, 0.5) is 4.39 Å². The van der Waals surface area contributed by atoms with E-state index in [2.05, 4.69) is 18.8 Å². The molecule has 2 heterocycles. The second kappa shape index (κ2) is 4.45. The van der Waals surface area contributed by atoms with Gasteiger partial charge in [0.15, 0.2) is 0 Å². The third kappa shape index (κ3) is 2.05. The largest absolute Gasteiger partial charge is 0.330 e. The maximum atomic E-state index is 13.3. The van der Waals surface area contributed by atoms with Crippen LogP contribution in [0.3, 0.4) is 0 Å². The number of pyridine rings is 1. The summed E-state index contributed by atoms with van der Waals surface area (Å²) in [6.45, 7) is 6.75. The molecular formula is C13H18FN3. The molecule has 0 bridgehead atoms. The molecule has 0 spiro atoms. The number of nitrogens with zero attached hydrogens (tertiary/aromatic N) is 2. The van der Waals surface area contributed by atoms with Crippen LogP contribution in [0.5, 0.6) is 0 Å². The van der Waals surface area contributed by atoms with E-state index in [1.165, 1.54) is 12.3 Å². The fraction of sp³-hybridized carbons (Fsp3) is 0.462. The molecule has 0 saturated carbocycles. The van der Waals surface area contributed by atoms with Crippen LogP contribution in [0, 0.1) is 5.82 Å². The van der Waals surface area contributed by atoms with E-state index in [1.807, 2.05) is 11.3 Å². The van der Waals surface area contributed by atoms with Gasteiger partial charge in [0, 0.05) is 18.7 Å². The van der Waals surface area contributed by atoms with Crippen molar-refractivity contribution in [3.8, 4) is 0 Å². The van der Waals surface area contributed by atoms with Crippen LogP contribution in [0.1, 0.15) is 44.0 Å². The Morgan fingerprint density at radius 2 is 2.06 bits per heavy atom. The highest BCUT2D eigenvalue weighted by molar-refractivity contribution is 5.45. The summed E-state index contributed by atoms with van der Waals surface area (Å²) in [5.74, 6) is 0.224. The molecule has 0 amide bonds. The lowest BCUT2D eigenvalue weighted by molar-refractivity contribution is 0.614. The van der Waals surface area contributed by atoms with E-state index >= 15 is 0 Å². The SMILES string of the molecule is CC(C)c1nc2ccc(F)cn2c1C(C)CN. The van der Waals surface area contributed by atoms with Crippen LogP contribution in [-0.2, 0) is 0 Å². The van der Waals surface area contributed by atoms with Crippen LogP contribution < -0.4 is 5.73 Å². The van der Waals surface area contributed by atoms with Crippen molar-refractivity contribution in [3.05, 3.63) is 35.5 Å². The van der Waals surface area contributed by atoms with E-state index in [0.29, 0.717) is 12.5 Å². The normalized spacial score (nSPS) is 13.5. The summed E-state index contributed by atoms with van der Waals surface area (Å²) in [6, 6.07) is 3.14. The number of halogens is 1. The molecule has 2 aromatic rings. The second-order valence-corrected chi connectivity index (χ2v) is 4.75. The monoisotopic (exact) mass is 235 g/mol. The molecule has 0 aliphatic heterocycles. The van der Waals surface area contributed by atoms with Gasteiger partial charge in [-0.1, -0.05) is 20.8 Å². The van der Waals surface area contributed by atoms with E-state index in [1.54, 1.807) is 6.07 Å². The second-order valence-electron chi connectivity index (χ2n) is 4.75. The zero-order valence-electron chi connectivity index (χ0n) is 10.4. The Balaban J connectivity index is 2.73. The lowest BCUT2D eigenvalue weighted by Gasteiger charge is -2.12. The highest BCUT2D eigenvalue weighted by Crippen LogP contribution is 2.26. The maximum Gasteiger partial charge on any atom is 0.139 e. The van der Waals surface area contributed by atoms with E-state index in [0.717, 1.165) is 17.0 Å². The lowest BCUT2D eigenvalue weighted by Crippen LogP contribution is -2.13. The molecule has 2 aromatic heterocycles. The Bertz CT molecular complexity index is 531. The quantitative estimate of drug-likeness (QED) is 0.888. The average Bonchev–Trinajstić information content (AvgIpc) is 2.66. The number of fused-ring (bicyclic) bond motifs is 1. The zero-order valence-corrected chi connectivity index (χ0v) is 10.4. The van der Waals surface area contributed by atoms with Gasteiger partial charge < -0.3 is 10.1 Å². The molecule has 2 N–H and O–H groups in total. The predicted octanol–water partition coefficient (Wildman–Crippen LogP) is 2.66. The van der Waals surface area contributed by atoms with Crippen LogP contribution in [0.25, 0.3) is 5.65 Å². The summed E-state index contributed by atoms with van der Waals surface area (Å²) in [7, 11) is 0. The number of hydrogen-bond donors (Lipinski definition) is 1. The van der Waals surface area contributed by atoms with E-state index in [9.17, 15) is 4.39 Å². The molecular weight excluding hydrogens is 217 g/mol. The van der Waals surface area contributed by atoms with Crippen molar-refractivity contribution in [1.82, 2.24) is 9.38 Å². The smallest absolute Gasteiger partial charge is 0.139 e. The zero-order chi connectivity index (χ0) is 12.6. The number of imidazole rings is 1. The molecule has 0 saturated heterocycles. The van der Waals surface area contributed by atoms with E-state index in [-0.39, 0.29) is 11.7 Å². The molecule has 0 aromatic carbocycles. The number of nitrogens with two attached hydrogens (primary N) is 1. The van der Waals surface area contributed by atoms with Crippen LogP contribution >= 0.6 is 0 Å². The summed E-state index contributed by atoms with van der Waals surface area (Å²) < 4.78 is 15.1. The minimum Gasteiger partial charge on any atom is -0.330 e. The number of aromatic nitrogens is 2. The molecule has 17 heavy (non-hydrogen) atoms. The highest BCUT2D eigenvalue weighted by atomic mass is 19.1. The summed E-state index contributed by atoms with van der Waals surface area (Å²) in [6.07, 6.45) is 1.48. The predicted molar refractivity (Wildman–Crippen MR) is 66.7 cm³/mol. The van der Waals surface area contributed by atoms with Gasteiger partial charge in [-0.05, 0) is 18.1 Å². The fourth-order valence-corrected chi connectivity index (χ4v) is 2.08. The van der Waals surface area contributed by atoms with Crippen molar-refractivity contribution in [2.45, 2.75) is 32.6 Å². The third-order valence-corrected chi connectivity index (χ3v) is 3.02. The first kappa shape index (κ1) is 12.0.